The summed E-state index contributed by atoms with van der Waals surface area (Å²) in [5.41, 5.74) is 5.95. The van der Waals surface area contributed by atoms with Gasteiger partial charge in [-0.05, 0) is 101 Å². The maximum absolute atomic E-state index is 13.0. The van der Waals surface area contributed by atoms with Crippen molar-refractivity contribution in [3.05, 3.63) is 76.7 Å². The minimum atomic E-state index is -0.0673. The van der Waals surface area contributed by atoms with Gasteiger partial charge >= 0.3 is 0 Å². The van der Waals surface area contributed by atoms with Crippen molar-refractivity contribution >= 4 is 11.6 Å². The predicted octanol–water partition coefficient (Wildman–Crippen LogP) is 5.49. The first kappa shape index (κ1) is 30.3. The molecule has 4 rings (SSSR count). The fraction of sp³-hybridized carbons (Fsp3) is 0.485. The van der Waals surface area contributed by atoms with Crippen molar-refractivity contribution in [3.8, 4) is 11.6 Å². The molecule has 0 bridgehead atoms. The topological polar surface area (TPSA) is 79.8 Å². The van der Waals surface area contributed by atoms with Gasteiger partial charge in [-0.3, -0.25) is 9.78 Å². The Labute approximate surface area is 245 Å². The van der Waals surface area contributed by atoms with Crippen LogP contribution in [0.4, 0.5) is 5.69 Å². The molecule has 1 atom stereocenters. The molecule has 1 saturated heterocycles. The number of methoxy groups -OCH3 is 1. The summed E-state index contributed by atoms with van der Waals surface area (Å²) in [7, 11) is 1.70. The average molecular weight is 560 g/mol. The molecule has 41 heavy (non-hydrogen) atoms. The van der Waals surface area contributed by atoms with E-state index in [-0.39, 0.29) is 5.91 Å². The molecule has 0 saturated carbocycles. The molecular formula is C33H45N5O3. The van der Waals surface area contributed by atoms with Gasteiger partial charge in [0.05, 0.1) is 25.0 Å². The van der Waals surface area contributed by atoms with Crippen LogP contribution >= 0.6 is 0 Å². The first-order chi connectivity index (χ1) is 19.8. The molecule has 1 amide bonds. The molecule has 8 heteroatoms. The van der Waals surface area contributed by atoms with E-state index in [9.17, 15) is 4.79 Å². The Morgan fingerprint density at radius 2 is 1.85 bits per heavy atom. The van der Waals surface area contributed by atoms with E-state index in [4.69, 9.17) is 9.47 Å². The van der Waals surface area contributed by atoms with Gasteiger partial charge in [0.1, 0.15) is 5.75 Å². The SMILES string of the molecule is CCOc1cc(C)c(C(=O)NCCC(C)N2CCC(N(Cc3cnccc3C)c3ccc(OC)cc3)CC2)c(C)n1. The number of piperidine rings is 1. The normalized spacial score (nSPS) is 14.9. The van der Waals surface area contributed by atoms with Crippen molar-refractivity contribution in [1.82, 2.24) is 20.2 Å². The smallest absolute Gasteiger partial charge is 0.253 e. The molecule has 0 radical (unpaired) electrons. The number of pyridine rings is 2. The molecule has 1 N–H and O–H groups in total. The molecule has 0 aliphatic carbocycles. The zero-order chi connectivity index (χ0) is 29.4. The number of anilines is 1. The zero-order valence-corrected chi connectivity index (χ0v) is 25.4. The number of ether oxygens (including phenoxy) is 2. The third-order valence-electron chi connectivity index (χ3n) is 8.20. The second-order valence-electron chi connectivity index (χ2n) is 11.0. The Kier molecular flexibility index (Phi) is 10.6. The van der Waals surface area contributed by atoms with E-state index in [1.54, 1.807) is 7.11 Å². The summed E-state index contributed by atoms with van der Waals surface area (Å²) in [6, 6.07) is 13.1. The largest absolute Gasteiger partial charge is 0.497 e. The zero-order valence-electron chi connectivity index (χ0n) is 25.4. The van der Waals surface area contributed by atoms with E-state index in [0.29, 0.717) is 42.4 Å². The Morgan fingerprint density at radius 3 is 2.49 bits per heavy atom. The molecule has 1 unspecified atom stereocenters. The highest BCUT2D eigenvalue weighted by molar-refractivity contribution is 5.96. The lowest BCUT2D eigenvalue weighted by molar-refractivity contribution is 0.0943. The summed E-state index contributed by atoms with van der Waals surface area (Å²) >= 11 is 0. The van der Waals surface area contributed by atoms with Crippen molar-refractivity contribution < 1.29 is 14.3 Å². The van der Waals surface area contributed by atoms with Crippen LogP contribution in [0.5, 0.6) is 11.6 Å². The van der Waals surface area contributed by atoms with Crippen LogP contribution in [0.15, 0.2) is 48.8 Å². The van der Waals surface area contributed by atoms with Crippen LogP contribution in [0.2, 0.25) is 0 Å². The number of benzene rings is 1. The van der Waals surface area contributed by atoms with Crippen molar-refractivity contribution in [1.29, 1.82) is 0 Å². The molecule has 3 heterocycles. The Hall–Kier alpha value is -3.65. The van der Waals surface area contributed by atoms with Crippen molar-refractivity contribution in [2.45, 2.75) is 72.5 Å². The minimum absolute atomic E-state index is 0.0673. The summed E-state index contributed by atoms with van der Waals surface area (Å²) in [4.78, 5) is 26.9. The van der Waals surface area contributed by atoms with E-state index >= 15 is 0 Å². The number of nitrogens with zero attached hydrogens (tertiary/aromatic N) is 4. The highest BCUT2D eigenvalue weighted by atomic mass is 16.5. The fourth-order valence-corrected chi connectivity index (χ4v) is 5.72. The van der Waals surface area contributed by atoms with Crippen molar-refractivity contribution in [2.24, 2.45) is 0 Å². The van der Waals surface area contributed by atoms with Gasteiger partial charge in [0.2, 0.25) is 5.88 Å². The molecular weight excluding hydrogens is 514 g/mol. The number of hydrogen-bond donors (Lipinski definition) is 1. The molecule has 1 aliphatic heterocycles. The molecule has 8 nitrogen and oxygen atoms in total. The van der Waals surface area contributed by atoms with Crippen LogP contribution in [-0.2, 0) is 6.54 Å². The van der Waals surface area contributed by atoms with Gasteiger partial charge in [-0.25, -0.2) is 4.98 Å². The van der Waals surface area contributed by atoms with E-state index in [1.165, 1.54) is 16.8 Å². The van der Waals surface area contributed by atoms with Gasteiger partial charge in [-0.1, -0.05) is 0 Å². The number of likely N-dealkylation sites (tertiary alicyclic amines) is 1. The molecule has 220 valence electrons. The van der Waals surface area contributed by atoms with E-state index in [0.717, 1.165) is 50.2 Å². The molecule has 1 aliphatic rings. The van der Waals surface area contributed by atoms with Gasteiger partial charge in [0.25, 0.3) is 5.91 Å². The van der Waals surface area contributed by atoms with Crippen LogP contribution in [0, 0.1) is 20.8 Å². The van der Waals surface area contributed by atoms with Crippen LogP contribution < -0.4 is 19.7 Å². The van der Waals surface area contributed by atoms with Gasteiger partial charge in [0, 0.05) is 62.4 Å². The first-order valence-electron chi connectivity index (χ1n) is 14.7. The van der Waals surface area contributed by atoms with Crippen LogP contribution in [0.1, 0.15) is 65.9 Å². The second-order valence-corrected chi connectivity index (χ2v) is 11.0. The summed E-state index contributed by atoms with van der Waals surface area (Å²) in [6.45, 7) is 14.2. The predicted molar refractivity (Wildman–Crippen MR) is 164 cm³/mol. The summed E-state index contributed by atoms with van der Waals surface area (Å²) < 4.78 is 10.9. The summed E-state index contributed by atoms with van der Waals surface area (Å²) in [5.74, 6) is 1.37. The molecule has 0 spiro atoms. The monoisotopic (exact) mass is 559 g/mol. The quantitative estimate of drug-likeness (QED) is 0.314. The molecule has 1 aromatic carbocycles. The Balaban J connectivity index is 1.33. The molecule has 3 aromatic rings. The van der Waals surface area contributed by atoms with Crippen LogP contribution in [-0.4, -0.2) is 66.2 Å². The number of rotatable bonds is 12. The van der Waals surface area contributed by atoms with E-state index < -0.39 is 0 Å². The maximum atomic E-state index is 13.0. The van der Waals surface area contributed by atoms with Gasteiger partial charge in [-0.15, -0.1) is 0 Å². The highest BCUT2D eigenvalue weighted by Crippen LogP contribution is 2.29. The number of carbonyl (C=O) groups is 1. The van der Waals surface area contributed by atoms with Gasteiger partial charge < -0.3 is 24.6 Å². The standard InChI is InChI=1S/C33H45N5O3/c1-7-41-31-20-24(3)32(26(5)36-31)33(39)35-17-13-25(4)37-18-14-29(15-19-37)38(22-27-21-34-16-12-23(27)2)28-8-10-30(40-6)11-9-28/h8-12,16,20-21,25,29H,7,13-15,17-19,22H2,1-6H3,(H,35,39). The first-order valence-corrected chi connectivity index (χ1v) is 14.7. The van der Waals surface area contributed by atoms with Gasteiger partial charge in [-0.2, -0.15) is 0 Å². The third kappa shape index (κ3) is 7.76. The van der Waals surface area contributed by atoms with Gasteiger partial charge in [0.15, 0.2) is 0 Å². The second kappa shape index (κ2) is 14.3. The highest BCUT2D eigenvalue weighted by Gasteiger charge is 2.28. The lowest BCUT2D eigenvalue weighted by atomic mass is 9.99. The number of carbonyl (C=O) groups excluding carboxylic acids is 1. The Morgan fingerprint density at radius 1 is 1.12 bits per heavy atom. The van der Waals surface area contributed by atoms with Crippen molar-refractivity contribution in [3.63, 3.8) is 0 Å². The maximum Gasteiger partial charge on any atom is 0.253 e. The fourth-order valence-electron chi connectivity index (χ4n) is 5.72. The number of aryl methyl sites for hydroxylation is 3. The van der Waals surface area contributed by atoms with E-state index in [1.807, 2.05) is 51.4 Å². The lowest BCUT2D eigenvalue weighted by Crippen LogP contribution is -2.48. The third-order valence-corrected chi connectivity index (χ3v) is 8.20. The minimum Gasteiger partial charge on any atom is -0.497 e. The average Bonchev–Trinajstić information content (AvgIpc) is 2.97. The number of nitrogens with one attached hydrogen (secondary N) is 1. The Bertz CT molecular complexity index is 1270. The lowest BCUT2D eigenvalue weighted by Gasteiger charge is -2.42. The summed E-state index contributed by atoms with van der Waals surface area (Å²) in [5, 5.41) is 3.12. The number of amides is 1. The van der Waals surface area contributed by atoms with Crippen molar-refractivity contribution in [2.75, 3.05) is 38.3 Å². The van der Waals surface area contributed by atoms with E-state index in [2.05, 4.69) is 57.1 Å². The number of aromatic nitrogens is 2. The number of hydrogen-bond acceptors (Lipinski definition) is 7. The molecule has 1 fully saturated rings. The van der Waals surface area contributed by atoms with Crippen LogP contribution in [0.25, 0.3) is 0 Å². The van der Waals surface area contributed by atoms with Crippen LogP contribution in [0.3, 0.4) is 0 Å². The summed E-state index contributed by atoms with van der Waals surface area (Å²) in [6.07, 6.45) is 6.91. The molecule has 2 aromatic heterocycles.